The average Bonchev–Trinajstić information content (AvgIpc) is 2.39. The molecule has 0 bridgehead atoms. The Morgan fingerprint density at radius 3 is 2.57 bits per heavy atom. The fraction of sp³-hybridized carbons (Fsp3) is 0.462. The number of halogens is 2. The minimum atomic E-state index is -3.90. The maximum Gasteiger partial charge on any atom is 0.261 e. The molecule has 0 saturated carbocycles. The molecule has 0 aliphatic rings. The topological polar surface area (TPSA) is 63.7 Å². The third kappa shape index (κ3) is 4.95. The van der Waals surface area contributed by atoms with Crippen LogP contribution in [-0.2, 0) is 13.8 Å². The van der Waals surface area contributed by atoms with Crippen molar-refractivity contribution in [1.82, 2.24) is 4.90 Å². The van der Waals surface area contributed by atoms with E-state index >= 15 is 0 Å². The molecule has 1 amide bonds. The molecule has 0 fully saturated rings. The first-order valence-corrected chi connectivity index (χ1v) is 9.36. The molecule has 0 saturated heterocycles. The summed E-state index contributed by atoms with van der Waals surface area (Å²) >= 11 is 3.25. The number of ether oxygens (including phenoxy) is 1. The first kappa shape index (κ1) is 18.4. The van der Waals surface area contributed by atoms with E-state index in [1.54, 1.807) is 14.0 Å². The molecule has 0 radical (unpaired) electrons. The highest BCUT2D eigenvalue weighted by Crippen LogP contribution is 2.27. The Bertz CT molecular complexity index is 633. The van der Waals surface area contributed by atoms with Gasteiger partial charge < -0.3 is 9.64 Å². The molecular formula is C13H17BrClNO4S. The minimum Gasteiger partial charge on any atom is -0.380 e. The Morgan fingerprint density at radius 1 is 1.43 bits per heavy atom. The molecule has 5 nitrogen and oxygen atoms in total. The van der Waals surface area contributed by atoms with E-state index in [4.69, 9.17) is 15.4 Å². The summed E-state index contributed by atoms with van der Waals surface area (Å²) in [5.41, 5.74) is 0.954. The number of amides is 1. The van der Waals surface area contributed by atoms with Crippen LogP contribution < -0.4 is 0 Å². The van der Waals surface area contributed by atoms with Gasteiger partial charge in [-0.05, 0) is 31.5 Å². The smallest absolute Gasteiger partial charge is 0.261 e. The second-order valence-corrected chi connectivity index (χ2v) is 7.86. The van der Waals surface area contributed by atoms with Crippen LogP contribution in [0.15, 0.2) is 21.5 Å². The molecule has 21 heavy (non-hydrogen) atoms. The van der Waals surface area contributed by atoms with E-state index in [1.807, 2.05) is 6.92 Å². The number of hydrogen-bond acceptors (Lipinski definition) is 4. The zero-order valence-electron chi connectivity index (χ0n) is 12.0. The fourth-order valence-corrected chi connectivity index (χ4v) is 3.07. The van der Waals surface area contributed by atoms with E-state index in [0.717, 1.165) is 0 Å². The maximum absolute atomic E-state index is 12.4. The number of hydrogen-bond donors (Lipinski definition) is 0. The molecule has 0 heterocycles. The van der Waals surface area contributed by atoms with Gasteiger partial charge in [-0.1, -0.05) is 15.9 Å². The molecular weight excluding hydrogens is 382 g/mol. The second kappa shape index (κ2) is 7.58. The van der Waals surface area contributed by atoms with Crippen LogP contribution in [-0.4, -0.2) is 46.0 Å². The molecule has 0 aliphatic carbocycles. The summed E-state index contributed by atoms with van der Waals surface area (Å²) in [6.45, 7) is 5.02. The van der Waals surface area contributed by atoms with Gasteiger partial charge in [-0.3, -0.25) is 4.79 Å². The zero-order valence-corrected chi connectivity index (χ0v) is 15.2. The van der Waals surface area contributed by atoms with E-state index < -0.39 is 9.05 Å². The summed E-state index contributed by atoms with van der Waals surface area (Å²) in [6.07, 6.45) is 0. The molecule has 1 rings (SSSR count). The molecule has 0 spiro atoms. The Kier molecular flexibility index (Phi) is 6.65. The predicted octanol–water partition coefficient (Wildman–Crippen LogP) is 2.79. The van der Waals surface area contributed by atoms with Crippen LogP contribution in [0.1, 0.15) is 22.8 Å². The van der Waals surface area contributed by atoms with Crippen molar-refractivity contribution in [2.24, 2.45) is 0 Å². The van der Waals surface area contributed by atoms with E-state index in [9.17, 15) is 13.2 Å². The third-order valence-electron chi connectivity index (χ3n) is 2.95. The highest BCUT2D eigenvalue weighted by Gasteiger charge is 2.20. The van der Waals surface area contributed by atoms with Gasteiger partial charge in [-0.15, -0.1) is 0 Å². The maximum atomic E-state index is 12.4. The van der Waals surface area contributed by atoms with Crippen LogP contribution in [0, 0.1) is 6.92 Å². The zero-order chi connectivity index (χ0) is 16.2. The Labute approximate surface area is 137 Å². The number of nitrogens with zero attached hydrogens (tertiary/aromatic N) is 1. The van der Waals surface area contributed by atoms with Crippen LogP contribution >= 0.6 is 26.6 Å². The van der Waals surface area contributed by atoms with Gasteiger partial charge >= 0.3 is 0 Å². The highest BCUT2D eigenvalue weighted by molar-refractivity contribution is 9.10. The van der Waals surface area contributed by atoms with Gasteiger partial charge in [0.05, 0.1) is 11.5 Å². The summed E-state index contributed by atoms with van der Waals surface area (Å²) in [7, 11) is 3.09. The first-order chi connectivity index (χ1) is 9.68. The van der Waals surface area contributed by atoms with E-state index in [2.05, 4.69) is 15.9 Å². The minimum absolute atomic E-state index is 0.108. The summed E-state index contributed by atoms with van der Waals surface area (Å²) in [5, 5.41) is 0. The van der Waals surface area contributed by atoms with Crippen molar-refractivity contribution in [3.8, 4) is 0 Å². The summed E-state index contributed by atoms with van der Waals surface area (Å²) < 4.78 is 28.6. The number of benzene rings is 1. The van der Waals surface area contributed by atoms with E-state index in [1.165, 1.54) is 17.0 Å². The van der Waals surface area contributed by atoms with Crippen molar-refractivity contribution in [2.45, 2.75) is 18.7 Å². The van der Waals surface area contributed by atoms with Crippen molar-refractivity contribution in [2.75, 3.05) is 26.8 Å². The fourth-order valence-electron chi connectivity index (χ4n) is 1.67. The Balaban J connectivity index is 3.11. The van der Waals surface area contributed by atoms with Gasteiger partial charge in [-0.25, -0.2) is 8.42 Å². The molecule has 8 heteroatoms. The van der Waals surface area contributed by atoms with E-state index in [-0.39, 0.29) is 10.8 Å². The molecule has 1 aromatic rings. The summed E-state index contributed by atoms with van der Waals surface area (Å²) in [5.74, 6) is -0.282. The number of carbonyl (C=O) groups excluding carboxylic acids is 1. The molecule has 1 aromatic carbocycles. The van der Waals surface area contributed by atoms with Gasteiger partial charge in [0, 0.05) is 40.9 Å². The largest absolute Gasteiger partial charge is 0.380 e. The lowest BCUT2D eigenvalue weighted by Crippen LogP contribution is -2.30. The lowest BCUT2D eigenvalue weighted by molar-refractivity contribution is 0.0709. The molecule has 118 valence electrons. The Hall–Kier alpha value is -0.630. The van der Waals surface area contributed by atoms with Crippen molar-refractivity contribution in [3.63, 3.8) is 0 Å². The van der Waals surface area contributed by atoms with Gasteiger partial charge in [-0.2, -0.15) is 0 Å². The van der Waals surface area contributed by atoms with Crippen molar-refractivity contribution in [3.05, 3.63) is 27.7 Å². The van der Waals surface area contributed by atoms with Crippen LogP contribution in [0.2, 0.25) is 0 Å². The normalized spacial score (nSPS) is 11.5. The lowest BCUT2D eigenvalue weighted by atomic mass is 10.1. The quantitative estimate of drug-likeness (QED) is 0.546. The first-order valence-electron chi connectivity index (χ1n) is 6.26. The van der Waals surface area contributed by atoms with Crippen molar-refractivity contribution >= 4 is 41.6 Å². The number of rotatable bonds is 6. The van der Waals surface area contributed by atoms with Gasteiger partial charge in [0.1, 0.15) is 0 Å². The SMILES string of the molecule is CCOCCN(C)C(=O)c1cc(S(=O)(=O)Cl)cc(Br)c1C. The van der Waals surface area contributed by atoms with Gasteiger partial charge in [0.15, 0.2) is 0 Å². The molecule has 0 unspecified atom stereocenters. The average molecular weight is 399 g/mol. The standard InChI is InChI=1S/C13H17BrClNO4S/c1-4-20-6-5-16(3)13(17)11-7-10(21(15,18)19)8-12(14)9(11)2/h7-8H,4-6H2,1-3H3. The van der Waals surface area contributed by atoms with E-state index in [0.29, 0.717) is 35.4 Å². The molecule has 0 atom stereocenters. The van der Waals surface area contributed by atoms with Crippen LogP contribution in [0.3, 0.4) is 0 Å². The van der Waals surface area contributed by atoms with Crippen LogP contribution in [0.5, 0.6) is 0 Å². The predicted molar refractivity (Wildman–Crippen MR) is 85.4 cm³/mol. The monoisotopic (exact) mass is 397 g/mol. The summed E-state index contributed by atoms with van der Waals surface area (Å²) in [4.78, 5) is 13.8. The molecule has 0 N–H and O–H groups in total. The van der Waals surface area contributed by atoms with Crippen molar-refractivity contribution < 1.29 is 17.9 Å². The molecule has 0 aromatic heterocycles. The summed E-state index contributed by atoms with van der Waals surface area (Å²) in [6, 6.07) is 2.68. The number of likely N-dealkylation sites (N-methyl/N-ethyl adjacent to an activating group) is 1. The third-order valence-corrected chi connectivity index (χ3v) is 5.11. The van der Waals surface area contributed by atoms with Crippen molar-refractivity contribution in [1.29, 1.82) is 0 Å². The van der Waals surface area contributed by atoms with Crippen LogP contribution in [0.4, 0.5) is 0 Å². The number of carbonyl (C=O) groups is 1. The van der Waals surface area contributed by atoms with Crippen LogP contribution in [0.25, 0.3) is 0 Å². The lowest BCUT2D eigenvalue weighted by Gasteiger charge is -2.19. The van der Waals surface area contributed by atoms with Gasteiger partial charge in [0.25, 0.3) is 15.0 Å². The second-order valence-electron chi connectivity index (χ2n) is 4.44. The highest BCUT2D eigenvalue weighted by atomic mass is 79.9. The van der Waals surface area contributed by atoms with Gasteiger partial charge in [0.2, 0.25) is 0 Å². The molecule has 0 aliphatic heterocycles. The Morgan fingerprint density at radius 2 is 2.05 bits per heavy atom.